The van der Waals surface area contributed by atoms with Crippen LogP contribution in [0.25, 0.3) is 12.2 Å². The Kier molecular flexibility index (Phi) is 32.8. The van der Waals surface area contributed by atoms with Gasteiger partial charge in [-0.25, -0.2) is 9.59 Å². The van der Waals surface area contributed by atoms with Crippen molar-refractivity contribution < 1.29 is 158 Å². The summed E-state index contributed by atoms with van der Waals surface area (Å²) >= 11 is 3.36. The van der Waals surface area contributed by atoms with Crippen LogP contribution in [0.3, 0.4) is 0 Å². The minimum atomic E-state index is -0.394. The van der Waals surface area contributed by atoms with Gasteiger partial charge in [0.2, 0.25) is 0 Å². The number of aromatic hydroxyl groups is 1. The van der Waals surface area contributed by atoms with Crippen molar-refractivity contribution in [3.63, 3.8) is 0 Å². The van der Waals surface area contributed by atoms with Crippen LogP contribution in [-0.4, -0.2) is 70.9 Å². The number of phenolic OH excluding ortho intramolecular Hbond substituents is 1. The number of hydrogen-bond donors (Lipinski definition) is 1. The summed E-state index contributed by atoms with van der Waals surface area (Å²) in [7, 11) is 3.04. The molecule has 310 valence electrons. The second-order valence-corrected chi connectivity index (χ2v) is 12.0. The Morgan fingerprint density at radius 3 is 1.56 bits per heavy atom. The average Bonchev–Trinajstić information content (AvgIpc) is 3.20. The van der Waals surface area contributed by atoms with Gasteiger partial charge in [-0.2, -0.15) is 0 Å². The first-order valence-electron chi connectivity index (χ1n) is 17.4. The second-order valence-electron chi connectivity index (χ2n) is 11.5. The Balaban J connectivity index is -0.000000818. The van der Waals surface area contributed by atoms with Crippen molar-refractivity contribution in [1.82, 2.24) is 19.9 Å². The summed E-state index contributed by atoms with van der Waals surface area (Å²) in [5.74, 6) is 0.831. The van der Waals surface area contributed by atoms with Crippen LogP contribution in [0.15, 0.2) is 48.6 Å². The Morgan fingerprint density at radius 1 is 0.695 bits per heavy atom. The fraction of sp³-hybridized carbons (Fsp3) is 0.341. The van der Waals surface area contributed by atoms with Crippen molar-refractivity contribution in [3.8, 4) is 23.0 Å². The number of rotatable bonds is 13. The predicted molar refractivity (Wildman–Crippen MR) is 217 cm³/mol. The Hall–Kier alpha value is -2.60. The number of methoxy groups -OCH3 is 2. The molecule has 4 aromatic rings. The van der Waals surface area contributed by atoms with Crippen LogP contribution in [-0.2, 0) is 40.7 Å². The molecule has 18 heteroatoms. The van der Waals surface area contributed by atoms with E-state index in [0.29, 0.717) is 37.1 Å². The third kappa shape index (κ3) is 22.7. The van der Waals surface area contributed by atoms with Crippen LogP contribution in [0.1, 0.15) is 72.0 Å². The number of alkyl halides is 1. The van der Waals surface area contributed by atoms with E-state index >= 15 is 0 Å². The van der Waals surface area contributed by atoms with E-state index in [1.165, 1.54) is 25.3 Å². The average molecular weight is 934 g/mol. The number of halogens is 1. The molecule has 0 aliphatic rings. The molecule has 0 saturated carbocycles. The largest absolute Gasteiger partial charge is 1.00 e. The van der Waals surface area contributed by atoms with Crippen molar-refractivity contribution in [2.24, 2.45) is 0 Å². The molecule has 0 unspecified atom stereocenters. The van der Waals surface area contributed by atoms with Crippen LogP contribution in [0, 0.1) is 41.5 Å². The molecule has 1 N–H and O–H groups in total. The number of aryl methyl sites for hydroxylation is 6. The number of carbonyl (C=O) groups excluding carboxylic acids is 3. The topological polar surface area (TPSA) is 201 Å². The van der Waals surface area contributed by atoms with Crippen LogP contribution in [0.2, 0.25) is 0 Å². The smallest absolute Gasteiger partial charge is 1.00 e. The zero-order valence-corrected chi connectivity index (χ0v) is 43.7. The summed E-state index contributed by atoms with van der Waals surface area (Å²) < 4.78 is 25.8. The Bertz CT molecular complexity index is 1990. The molecule has 0 spiro atoms. The molecule has 2 aromatic carbocycles. The Labute approximate surface area is 441 Å². The zero-order chi connectivity index (χ0) is 42.9. The fourth-order valence-electron chi connectivity index (χ4n) is 4.35. The minimum Gasteiger partial charge on any atom is -1.00 e. The number of benzene rings is 2. The van der Waals surface area contributed by atoms with Gasteiger partial charge in [-0.15, -0.1) is 0 Å². The van der Waals surface area contributed by atoms with Gasteiger partial charge < -0.3 is 40.4 Å². The van der Waals surface area contributed by atoms with E-state index in [1.54, 1.807) is 57.4 Å². The molecule has 0 amide bonds. The van der Waals surface area contributed by atoms with Gasteiger partial charge in [-0.05, 0) is 103 Å². The predicted octanol–water partition coefficient (Wildman–Crippen LogP) is 0.395. The SMILES string of the molecule is CCOC(=O)/C=C\c1ccc(O)c(OC)c1.CCOC(=O)/C=C\c1ccc(OCc2nc(C)c(C)nc2C)c(OC)c1.Cc1nc(C)c(CBr)nc1C.O=CO[O-].[H-].[K+].[K+]. The van der Waals surface area contributed by atoms with E-state index in [9.17, 15) is 14.7 Å². The molecular formula is C41H51BrK2N4O11. The molecule has 0 atom stereocenters. The molecule has 4 rings (SSSR count). The van der Waals surface area contributed by atoms with E-state index in [2.05, 4.69) is 40.8 Å². The van der Waals surface area contributed by atoms with Crippen molar-refractivity contribution >= 4 is 46.5 Å². The number of esters is 2. The molecule has 0 saturated heterocycles. The first-order chi connectivity index (χ1) is 27.2. The number of ether oxygens (including phenoxy) is 5. The minimum absolute atomic E-state index is 0. The molecule has 0 radical (unpaired) electrons. The molecule has 0 bridgehead atoms. The number of carbonyl (C=O) groups is 3. The summed E-state index contributed by atoms with van der Waals surface area (Å²) in [5.41, 5.74) is 9.10. The third-order valence-corrected chi connectivity index (χ3v) is 8.01. The van der Waals surface area contributed by atoms with Gasteiger partial charge >= 0.3 is 115 Å². The number of nitrogens with zero attached hydrogens (tertiary/aromatic N) is 4. The van der Waals surface area contributed by atoms with Crippen molar-refractivity contribution in [2.75, 3.05) is 27.4 Å². The summed E-state index contributed by atoms with van der Waals surface area (Å²) in [6, 6.07) is 10.2. The van der Waals surface area contributed by atoms with Crippen LogP contribution < -0.4 is 122 Å². The standard InChI is InChI=1S/C20H24N2O4.C12H14O4.C8H11BrN2.CH2O3.2K.H/c1-6-25-20(23)10-8-16-7-9-18(19(11-16)24-5)26-12-17-15(4)21-13(2)14(3)22-17;1-3-16-12(14)7-5-9-4-6-10(13)11(8-9)15-2;1-5-6(2)11-8(4-9)7(3)10-5;2-1-4-3;;;/h7-11H,6,12H2,1-5H3;4-8,13H,3H2,1-2H3;4H2,1-3H3;1,3H;;;/q;;;;2*+1;-1/p-1/b10-8-;7-5-;;;;;. The van der Waals surface area contributed by atoms with Crippen LogP contribution in [0.4, 0.5) is 0 Å². The molecule has 0 aliphatic heterocycles. The van der Waals surface area contributed by atoms with Gasteiger partial charge in [0.1, 0.15) is 6.61 Å². The molecule has 15 nitrogen and oxygen atoms in total. The third-order valence-electron chi connectivity index (χ3n) is 7.48. The zero-order valence-electron chi connectivity index (χ0n) is 36.9. The molecular weight excluding hydrogens is 883 g/mol. The molecule has 2 heterocycles. The van der Waals surface area contributed by atoms with E-state index in [0.717, 1.165) is 62.0 Å². The maximum atomic E-state index is 11.4. The maximum absolute atomic E-state index is 11.4. The summed E-state index contributed by atoms with van der Waals surface area (Å²) in [4.78, 5) is 51.4. The number of phenols is 1. The van der Waals surface area contributed by atoms with E-state index in [-0.39, 0.29) is 122 Å². The number of hydrogen-bond acceptors (Lipinski definition) is 15. The van der Waals surface area contributed by atoms with Gasteiger partial charge in [-0.3, -0.25) is 24.7 Å². The fourth-order valence-corrected chi connectivity index (χ4v) is 4.88. The maximum Gasteiger partial charge on any atom is 1.00 e. The molecule has 2 aromatic heterocycles. The molecule has 0 aliphatic carbocycles. The van der Waals surface area contributed by atoms with Gasteiger partial charge in [0.15, 0.2) is 23.0 Å². The van der Waals surface area contributed by atoms with Crippen LogP contribution in [0.5, 0.6) is 23.0 Å². The number of aromatic nitrogens is 4. The van der Waals surface area contributed by atoms with E-state index in [4.69, 9.17) is 33.7 Å². The normalized spacial score (nSPS) is 9.83. The van der Waals surface area contributed by atoms with E-state index < -0.39 is 5.97 Å². The molecule has 0 fully saturated rings. The summed E-state index contributed by atoms with van der Waals surface area (Å²) in [6.45, 7) is 16.0. The first-order valence-corrected chi connectivity index (χ1v) is 18.6. The van der Waals surface area contributed by atoms with Gasteiger partial charge in [0.05, 0.1) is 73.0 Å². The second kappa shape index (κ2) is 33.1. The van der Waals surface area contributed by atoms with Crippen molar-refractivity contribution in [2.45, 2.75) is 67.3 Å². The summed E-state index contributed by atoms with van der Waals surface area (Å²) in [6.07, 6.45) is 5.98. The van der Waals surface area contributed by atoms with E-state index in [1.807, 2.05) is 47.6 Å². The van der Waals surface area contributed by atoms with Crippen molar-refractivity contribution in [3.05, 3.63) is 105 Å². The summed E-state index contributed by atoms with van der Waals surface area (Å²) in [5, 5.41) is 18.6. The van der Waals surface area contributed by atoms with Crippen molar-refractivity contribution in [1.29, 1.82) is 0 Å². The van der Waals surface area contributed by atoms with Gasteiger partial charge in [-0.1, -0.05) is 28.1 Å². The monoisotopic (exact) mass is 932 g/mol. The first kappa shape index (κ1) is 58.5. The quantitative estimate of drug-likeness (QED) is 0.0367. The van der Waals surface area contributed by atoms with Gasteiger partial charge in [0.25, 0.3) is 6.47 Å². The van der Waals surface area contributed by atoms with Gasteiger partial charge in [0, 0.05) is 17.5 Å². The Morgan fingerprint density at radius 2 is 1.12 bits per heavy atom. The van der Waals surface area contributed by atoms with Crippen LogP contribution >= 0.6 is 15.9 Å². The molecule has 59 heavy (non-hydrogen) atoms.